The molecule has 0 aromatic heterocycles. The third-order valence-electron chi connectivity index (χ3n) is 6.86. The average Bonchev–Trinajstić information content (AvgIpc) is 3.69. The number of benzene rings is 2. The van der Waals surface area contributed by atoms with Crippen molar-refractivity contribution in [2.45, 2.75) is 24.4 Å². The number of hydrogen-bond donors (Lipinski definition) is 0. The number of carbonyl (C=O) groups is 4. The lowest BCUT2D eigenvalue weighted by Crippen LogP contribution is -2.35. The molecule has 254 valence electrons. The minimum absolute atomic E-state index is 0.0656. The highest BCUT2D eigenvalue weighted by Crippen LogP contribution is 2.32. The van der Waals surface area contributed by atoms with E-state index in [0.717, 1.165) is 12.2 Å². The fraction of sp³-hybridized carbons (Fsp3) is 0.294. The van der Waals surface area contributed by atoms with E-state index >= 15 is 0 Å². The summed E-state index contributed by atoms with van der Waals surface area (Å²) in [6.07, 6.45) is 4.96. The summed E-state index contributed by atoms with van der Waals surface area (Å²) in [4.78, 5) is 47.5. The lowest BCUT2D eigenvalue weighted by molar-refractivity contribution is -0.149. The Labute approximate surface area is 276 Å². The third kappa shape index (κ3) is 9.70. The van der Waals surface area contributed by atoms with Crippen LogP contribution < -0.4 is 18.9 Å². The highest BCUT2D eigenvalue weighted by atomic mass is 16.7. The Morgan fingerprint density at radius 1 is 0.667 bits per heavy atom. The Bertz CT molecular complexity index is 1450. The number of esters is 4. The molecule has 4 atom stereocenters. The molecule has 4 unspecified atom stereocenters. The molecule has 0 amide bonds. The van der Waals surface area contributed by atoms with Gasteiger partial charge in [-0.05, 0) is 47.5 Å². The van der Waals surface area contributed by atoms with Gasteiger partial charge in [-0.1, -0.05) is 25.3 Å². The fourth-order valence-corrected chi connectivity index (χ4v) is 4.57. The number of rotatable bonds is 16. The van der Waals surface area contributed by atoms with Gasteiger partial charge in [0.25, 0.3) is 0 Å². The first kappa shape index (κ1) is 35.3. The Kier molecular flexibility index (Phi) is 12.7. The predicted molar refractivity (Wildman–Crippen MR) is 167 cm³/mol. The van der Waals surface area contributed by atoms with Gasteiger partial charge in [-0.2, -0.15) is 0 Å². The smallest absolute Gasteiger partial charge is 0.333 e. The van der Waals surface area contributed by atoms with E-state index in [1.54, 1.807) is 36.4 Å². The maximum atomic E-state index is 12.6. The van der Waals surface area contributed by atoms with Crippen LogP contribution >= 0.6 is 0 Å². The largest absolute Gasteiger partial charge is 0.493 e. The standard InChI is InChI=1S/C34H34O14/c1-5-29(35)45-19-43-23-11-7-21(15-25(23)39-3)9-13-31(37)47-27-17-41-34-28(18-42-33(27)34)48-32(38)14-10-22-8-12-24(26(16-22)40-4)44-20-46-30(36)6-2/h5-16,27-28,33-34H,1-2,17-20H2,3-4H3/b13-9+,14-10+. The van der Waals surface area contributed by atoms with Crippen LogP contribution in [-0.2, 0) is 47.6 Å². The molecule has 2 fully saturated rings. The monoisotopic (exact) mass is 666 g/mol. The molecule has 0 spiro atoms. The predicted octanol–water partition coefficient (Wildman–Crippen LogP) is 3.18. The molecule has 14 nitrogen and oxygen atoms in total. The zero-order valence-corrected chi connectivity index (χ0v) is 26.2. The van der Waals surface area contributed by atoms with Gasteiger partial charge >= 0.3 is 23.9 Å². The second kappa shape index (κ2) is 17.4. The summed E-state index contributed by atoms with van der Waals surface area (Å²) >= 11 is 0. The van der Waals surface area contributed by atoms with Crippen LogP contribution in [0.2, 0.25) is 0 Å². The molecular formula is C34H34O14. The van der Waals surface area contributed by atoms with Crippen LogP contribution in [-0.4, -0.2) is 89.3 Å². The van der Waals surface area contributed by atoms with Crippen molar-refractivity contribution < 1.29 is 66.5 Å². The molecule has 2 heterocycles. The molecule has 2 aliphatic heterocycles. The van der Waals surface area contributed by atoms with E-state index < -0.39 is 48.3 Å². The summed E-state index contributed by atoms with van der Waals surface area (Å²) in [7, 11) is 2.89. The van der Waals surface area contributed by atoms with E-state index in [9.17, 15) is 19.2 Å². The topological polar surface area (TPSA) is 161 Å². The van der Waals surface area contributed by atoms with Crippen molar-refractivity contribution in [2.75, 3.05) is 41.0 Å². The molecule has 0 radical (unpaired) electrons. The summed E-state index contributed by atoms with van der Waals surface area (Å²) in [5, 5.41) is 0. The first-order valence-electron chi connectivity index (χ1n) is 14.4. The van der Waals surface area contributed by atoms with Crippen molar-refractivity contribution in [1.29, 1.82) is 0 Å². The average molecular weight is 667 g/mol. The van der Waals surface area contributed by atoms with Crippen molar-refractivity contribution in [3.63, 3.8) is 0 Å². The zero-order valence-electron chi connectivity index (χ0n) is 26.2. The van der Waals surface area contributed by atoms with E-state index in [4.69, 9.17) is 47.4 Å². The number of methoxy groups -OCH3 is 2. The summed E-state index contributed by atoms with van der Waals surface area (Å²) in [5.41, 5.74) is 1.23. The van der Waals surface area contributed by atoms with Crippen LogP contribution in [0.1, 0.15) is 11.1 Å². The number of ether oxygens (including phenoxy) is 10. The minimum atomic E-state index is -0.705. The quantitative estimate of drug-likeness (QED) is 0.111. The minimum Gasteiger partial charge on any atom is -0.493 e. The molecule has 14 heteroatoms. The summed E-state index contributed by atoms with van der Waals surface area (Å²) < 4.78 is 53.6. The van der Waals surface area contributed by atoms with Crippen molar-refractivity contribution >= 4 is 36.0 Å². The van der Waals surface area contributed by atoms with Crippen LogP contribution in [0.5, 0.6) is 23.0 Å². The number of carbonyl (C=O) groups excluding carboxylic acids is 4. The number of hydrogen-bond acceptors (Lipinski definition) is 14. The second-order valence-corrected chi connectivity index (χ2v) is 9.89. The lowest BCUT2D eigenvalue weighted by Gasteiger charge is -2.16. The lowest BCUT2D eigenvalue weighted by atomic mass is 10.1. The summed E-state index contributed by atoms with van der Waals surface area (Å²) in [6, 6.07) is 9.79. The van der Waals surface area contributed by atoms with E-state index in [1.165, 1.54) is 38.5 Å². The number of fused-ring (bicyclic) bond motifs is 1. The molecule has 0 saturated carbocycles. The van der Waals surface area contributed by atoms with Crippen LogP contribution in [0.15, 0.2) is 73.9 Å². The van der Waals surface area contributed by atoms with Crippen molar-refractivity contribution in [1.82, 2.24) is 0 Å². The highest BCUT2D eigenvalue weighted by Gasteiger charge is 2.51. The van der Waals surface area contributed by atoms with E-state index in [1.807, 2.05) is 0 Å². The molecule has 2 aliphatic rings. The Hall–Kier alpha value is -5.60. The molecule has 2 aromatic rings. The van der Waals surface area contributed by atoms with Gasteiger partial charge in [0.2, 0.25) is 13.6 Å². The molecule has 2 saturated heterocycles. The normalized spacial score (nSPS) is 19.6. The van der Waals surface area contributed by atoms with Gasteiger partial charge in [0.1, 0.15) is 12.2 Å². The van der Waals surface area contributed by atoms with Gasteiger partial charge < -0.3 is 47.4 Å². The van der Waals surface area contributed by atoms with Gasteiger partial charge in [0.15, 0.2) is 35.2 Å². The molecule has 2 aromatic carbocycles. The van der Waals surface area contributed by atoms with E-state index in [-0.39, 0.29) is 26.8 Å². The van der Waals surface area contributed by atoms with Gasteiger partial charge in [-0.15, -0.1) is 0 Å². The van der Waals surface area contributed by atoms with Crippen molar-refractivity contribution in [3.8, 4) is 23.0 Å². The molecule has 48 heavy (non-hydrogen) atoms. The van der Waals surface area contributed by atoms with Crippen LogP contribution in [0.3, 0.4) is 0 Å². The van der Waals surface area contributed by atoms with Crippen LogP contribution in [0.4, 0.5) is 0 Å². The SMILES string of the molecule is C=CC(=O)OCOc1ccc(/C=C/C(=O)OC2COC3C(OC(=O)/C=C/c4ccc(OCOC(=O)C=C)c(OC)c4)COC23)cc1OC. The molecule has 0 N–H and O–H groups in total. The Balaban J connectivity index is 1.25. The second-order valence-electron chi connectivity index (χ2n) is 9.89. The van der Waals surface area contributed by atoms with Crippen LogP contribution in [0, 0.1) is 0 Å². The van der Waals surface area contributed by atoms with Gasteiger partial charge in [-0.3, -0.25) is 0 Å². The van der Waals surface area contributed by atoms with E-state index in [0.29, 0.717) is 34.1 Å². The maximum absolute atomic E-state index is 12.6. The van der Waals surface area contributed by atoms with Crippen molar-refractivity contribution in [2.24, 2.45) is 0 Å². The summed E-state index contributed by atoms with van der Waals surface area (Å²) in [5.74, 6) is -1.13. The molecule has 0 aliphatic carbocycles. The third-order valence-corrected chi connectivity index (χ3v) is 6.86. The molecule has 4 rings (SSSR count). The van der Waals surface area contributed by atoms with Crippen LogP contribution in [0.25, 0.3) is 12.2 Å². The van der Waals surface area contributed by atoms with E-state index in [2.05, 4.69) is 13.2 Å². The van der Waals surface area contributed by atoms with Gasteiger partial charge in [0.05, 0.1) is 27.4 Å². The fourth-order valence-electron chi connectivity index (χ4n) is 4.57. The molecular weight excluding hydrogens is 632 g/mol. The Morgan fingerprint density at radius 2 is 1.08 bits per heavy atom. The van der Waals surface area contributed by atoms with Gasteiger partial charge in [-0.25, -0.2) is 19.2 Å². The van der Waals surface area contributed by atoms with Gasteiger partial charge in [0, 0.05) is 24.3 Å². The Morgan fingerprint density at radius 3 is 1.46 bits per heavy atom. The highest BCUT2D eigenvalue weighted by molar-refractivity contribution is 5.88. The first-order chi connectivity index (χ1) is 23.2. The maximum Gasteiger partial charge on any atom is 0.333 e. The zero-order chi connectivity index (χ0) is 34.5. The van der Waals surface area contributed by atoms with Crippen molar-refractivity contribution in [3.05, 3.63) is 85.0 Å². The first-order valence-corrected chi connectivity index (χ1v) is 14.4. The summed E-state index contributed by atoms with van der Waals surface area (Å²) in [6.45, 7) is 6.10. The molecule has 0 bridgehead atoms.